The van der Waals surface area contributed by atoms with Gasteiger partial charge in [-0.05, 0) is 25.1 Å². The van der Waals surface area contributed by atoms with Crippen molar-refractivity contribution in [2.45, 2.75) is 19.9 Å². The fourth-order valence-electron chi connectivity index (χ4n) is 1.76. The second kappa shape index (κ2) is 4.61. The Morgan fingerprint density at radius 2 is 2.25 bits per heavy atom. The molecule has 0 amide bonds. The van der Waals surface area contributed by atoms with E-state index in [-0.39, 0.29) is 5.82 Å². The lowest BCUT2D eigenvalue weighted by Gasteiger charge is -2.03. The van der Waals surface area contributed by atoms with Gasteiger partial charge in [0.25, 0.3) is 0 Å². The van der Waals surface area contributed by atoms with Crippen molar-refractivity contribution in [2.75, 3.05) is 6.54 Å². The lowest BCUT2D eigenvalue weighted by Crippen LogP contribution is -2.16. The Balaban J connectivity index is 2.33. The zero-order chi connectivity index (χ0) is 11.5. The quantitative estimate of drug-likeness (QED) is 0.802. The predicted molar refractivity (Wildman–Crippen MR) is 62.7 cm³/mol. The number of nitrogens with zero attached hydrogens (tertiary/aromatic N) is 2. The van der Waals surface area contributed by atoms with E-state index in [2.05, 4.69) is 17.2 Å². The Morgan fingerprint density at radius 1 is 1.44 bits per heavy atom. The number of rotatable bonds is 4. The molecule has 0 aliphatic heterocycles. The molecular formula is C12H16FN3. The van der Waals surface area contributed by atoms with Gasteiger partial charge in [-0.2, -0.15) is 0 Å². The number of imidazole rings is 1. The maximum absolute atomic E-state index is 13.5. The molecule has 1 heterocycles. The van der Waals surface area contributed by atoms with Crippen LogP contribution >= 0.6 is 0 Å². The van der Waals surface area contributed by atoms with Gasteiger partial charge in [0.2, 0.25) is 0 Å². The van der Waals surface area contributed by atoms with Crippen LogP contribution in [0.3, 0.4) is 0 Å². The van der Waals surface area contributed by atoms with Gasteiger partial charge in [0.05, 0.1) is 12.1 Å². The second-order valence-electron chi connectivity index (χ2n) is 3.87. The molecule has 0 saturated heterocycles. The average Bonchev–Trinajstić information content (AvgIpc) is 2.59. The Morgan fingerprint density at radius 3 is 2.94 bits per heavy atom. The Bertz CT molecular complexity index is 490. The first-order valence-corrected chi connectivity index (χ1v) is 5.54. The van der Waals surface area contributed by atoms with Gasteiger partial charge in [-0.3, -0.25) is 0 Å². The smallest absolute Gasteiger partial charge is 0.151 e. The summed E-state index contributed by atoms with van der Waals surface area (Å²) in [5, 5.41) is 3.27. The molecule has 0 aliphatic rings. The van der Waals surface area contributed by atoms with Crippen molar-refractivity contribution in [2.24, 2.45) is 7.05 Å². The number of para-hydroxylation sites is 1. The molecule has 0 atom stereocenters. The van der Waals surface area contributed by atoms with E-state index in [1.165, 1.54) is 6.07 Å². The highest BCUT2D eigenvalue weighted by Crippen LogP contribution is 2.17. The van der Waals surface area contributed by atoms with Gasteiger partial charge in [-0.15, -0.1) is 0 Å². The molecular weight excluding hydrogens is 205 g/mol. The van der Waals surface area contributed by atoms with Crippen molar-refractivity contribution in [3.05, 3.63) is 29.8 Å². The van der Waals surface area contributed by atoms with E-state index in [1.807, 2.05) is 17.7 Å². The number of aryl methyl sites for hydroxylation is 1. The van der Waals surface area contributed by atoms with E-state index in [1.54, 1.807) is 6.07 Å². The van der Waals surface area contributed by atoms with Crippen molar-refractivity contribution in [3.63, 3.8) is 0 Å². The summed E-state index contributed by atoms with van der Waals surface area (Å²) in [4.78, 5) is 4.31. The second-order valence-corrected chi connectivity index (χ2v) is 3.87. The molecule has 2 aromatic rings. The summed E-state index contributed by atoms with van der Waals surface area (Å²) in [5.74, 6) is 0.614. The van der Waals surface area contributed by atoms with Gasteiger partial charge in [0.1, 0.15) is 11.3 Å². The molecule has 1 aromatic carbocycles. The number of aromatic nitrogens is 2. The van der Waals surface area contributed by atoms with Crippen LogP contribution < -0.4 is 5.32 Å². The molecule has 2 rings (SSSR count). The van der Waals surface area contributed by atoms with Crippen molar-refractivity contribution in [1.29, 1.82) is 0 Å². The highest BCUT2D eigenvalue weighted by molar-refractivity contribution is 5.76. The van der Waals surface area contributed by atoms with Crippen molar-refractivity contribution in [1.82, 2.24) is 14.9 Å². The molecule has 0 fully saturated rings. The number of fused-ring (bicyclic) bond motifs is 1. The molecule has 0 unspecified atom stereocenters. The third-order valence-corrected chi connectivity index (χ3v) is 2.66. The standard InChI is InChI=1S/C12H16FN3/c1-3-7-14-8-11-15-12-9(13)5-4-6-10(12)16(11)2/h4-6,14H,3,7-8H2,1-2H3. The average molecular weight is 221 g/mol. The van der Waals surface area contributed by atoms with Crippen LogP contribution in [0.25, 0.3) is 11.0 Å². The highest BCUT2D eigenvalue weighted by Gasteiger charge is 2.09. The van der Waals surface area contributed by atoms with E-state index < -0.39 is 0 Å². The molecule has 1 N–H and O–H groups in total. The summed E-state index contributed by atoms with van der Waals surface area (Å²) >= 11 is 0. The molecule has 16 heavy (non-hydrogen) atoms. The van der Waals surface area contributed by atoms with E-state index in [4.69, 9.17) is 0 Å². The van der Waals surface area contributed by atoms with Gasteiger partial charge in [-0.1, -0.05) is 13.0 Å². The first-order valence-electron chi connectivity index (χ1n) is 5.54. The molecule has 4 heteroatoms. The largest absolute Gasteiger partial charge is 0.330 e. The third-order valence-electron chi connectivity index (χ3n) is 2.66. The Hall–Kier alpha value is -1.42. The monoisotopic (exact) mass is 221 g/mol. The van der Waals surface area contributed by atoms with Gasteiger partial charge < -0.3 is 9.88 Å². The van der Waals surface area contributed by atoms with Gasteiger partial charge in [0, 0.05) is 7.05 Å². The molecule has 0 saturated carbocycles. The van der Waals surface area contributed by atoms with Crippen LogP contribution in [0.5, 0.6) is 0 Å². The number of halogens is 1. The molecule has 86 valence electrons. The summed E-state index contributed by atoms with van der Waals surface area (Å²) in [6.07, 6.45) is 1.08. The number of nitrogens with one attached hydrogen (secondary N) is 1. The van der Waals surface area contributed by atoms with Crippen LogP contribution in [0.4, 0.5) is 4.39 Å². The van der Waals surface area contributed by atoms with Crippen LogP contribution in [0, 0.1) is 5.82 Å². The van der Waals surface area contributed by atoms with Crippen LogP contribution in [-0.4, -0.2) is 16.1 Å². The number of hydrogen-bond acceptors (Lipinski definition) is 2. The van der Waals surface area contributed by atoms with E-state index >= 15 is 0 Å². The lowest BCUT2D eigenvalue weighted by atomic mass is 10.3. The minimum Gasteiger partial charge on any atom is -0.330 e. The van der Waals surface area contributed by atoms with Crippen molar-refractivity contribution < 1.29 is 4.39 Å². The van der Waals surface area contributed by atoms with E-state index in [9.17, 15) is 4.39 Å². The summed E-state index contributed by atoms with van der Waals surface area (Å²) in [6, 6.07) is 5.04. The summed E-state index contributed by atoms with van der Waals surface area (Å²) in [6.45, 7) is 3.74. The summed E-state index contributed by atoms with van der Waals surface area (Å²) in [5.41, 5.74) is 1.30. The normalized spacial score (nSPS) is 11.2. The van der Waals surface area contributed by atoms with Crippen molar-refractivity contribution in [3.8, 4) is 0 Å². The molecule has 3 nitrogen and oxygen atoms in total. The Kier molecular flexibility index (Phi) is 3.19. The fourth-order valence-corrected chi connectivity index (χ4v) is 1.76. The maximum atomic E-state index is 13.5. The Labute approximate surface area is 94.3 Å². The third kappa shape index (κ3) is 1.93. The lowest BCUT2D eigenvalue weighted by molar-refractivity contribution is 0.629. The minimum absolute atomic E-state index is 0.255. The topological polar surface area (TPSA) is 29.9 Å². The molecule has 0 radical (unpaired) electrons. The van der Waals surface area contributed by atoms with Crippen LogP contribution in [-0.2, 0) is 13.6 Å². The molecule has 0 aliphatic carbocycles. The van der Waals surface area contributed by atoms with Gasteiger partial charge in [0.15, 0.2) is 5.82 Å². The number of benzene rings is 1. The molecule has 0 bridgehead atoms. The minimum atomic E-state index is -0.255. The number of hydrogen-bond donors (Lipinski definition) is 1. The van der Waals surface area contributed by atoms with Gasteiger partial charge in [-0.25, -0.2) is 9.37 Å². The molecule has 0 spiro atoms. The summed E-state index contributed by atoms with van der Waals surface area (Å²) < 4.78 is 15.4. The van der Waals surface area contributed by atoms with Crippen LogP contribution in [0.2, 0.25) is 0 Å². The first-order chi connectivity index (χ1) is 7.74. The van der Waals surface area contributed by atoms with Crippen LogP contribution in [0.1, 0.15) is 19.2 Å². The summed E-state index contributed by atoms with van der Waals surface area (Å²) in [7, 11) is 1.91. The maximum Gasteiger partial charge on any atom is 0.151 e. The first kappa shape index (κ1) is 11.1. The molecule has 1 aromatic heterocycles. The van der Waals surface area contributed by atoms with Gasteiger partial charge >= 0.3 is 0 Å². The van der Waals surface area contributed by atoms with Crippen LogP contribution in [0.15, 0.2) is 18.2 Å². The highest BCUT2D eigenvalue weighted by atomic mass is 19.1. The predicted octanol–water partition coefficient (Wildman–Crippen LogP) is 2.21. The zero-order valence-corrected chi connectivity index (χ0v) is 9.63. The van der Waals surface area contributed by atoms with Crippen molar-refractivity contribution >= 4 is 11.0 Å². The fraction of sp³-hybridized carbons (Fsp3) is 0.417. The SMILES string of the molecule is CCCNCc1nc2c(F)cccc2n1C. The van der Waals surface area contributed by atoms with E-state index in [0.29, 0.717) is 12.1 Å². The van der Waals surface area contributed by atoms with E-state index in [0.717, 1.165) is 24.3 Å². The zero-order valence-electron chi connectivity index (χ0n) is 9.63.